The Labute approximate surface area is 102 Å². The standard InChI is InChI=1S/C13H22OSi2/c1-15(2)14-11-10-12-6-8-13(9-7-12)16(3,4)5/h6-11,15H,1-5H3. The normalized spacial score (nSPS) is 12.4. The molecule has 1 nitrogen and oxygen atoms in total. The number of hydrogen-bond acceptors (Lipinski definition) is 1. The van der Waals surface area contributed by atoms with Crippen molar-refractivity contribution in [2.45, 2.75) is 32.7 Å². The Morgan fingerprint density at radius 1 is 1.06 bits per heavy atom. The Hall–Kier alpha value is -0.806. The van der Waals surface area contributed by atoms with Crippen LogP contribution in [0.25, 0.3) is 6.08 Å². The van der Waals surface area contributed by atoms with E-state index in [-0.39, 0.29) is 0 Å². The van der Waals surface area contributed by atoms with E-state index in [0.717, 1.165) is 0 Å². The molecule has 0 bridgehead atoms. The molecular formula is C13H22OSi2. The lowest BCUT2D eigenvalue weighted by Crippen LogP contribution is -2.37. The average molecular weight is 250 g/mol. The Kier molecular flexibility index (Phi) is 4.56. The van der Waals surface area contributed by atoms with Gasteiger partial charge in [0.15, 0.2) is 0 Å². The van der Waals surface area contributed by atoms with Crippen molar-refractivity contribution in [3.63, 3.8) is 0 Å². The van der Waals surface area contributed by atoms with E-state index in [1.54, 1.807) is 0 Å². The highest BCUT2D eigenvalue weighted by molar-refractivity contribution is 6.88. The quantitative estimate of drug-likeness (QED) is 0.589. The molecule has 0 N–H and O–H groups in total. The molecule has 0 amide bonds. The molecular weight excluding hydrogens is 228 g/mol. The van der Waals surface area contributed by atoms with Crippen molar-refractivity contribution in [3.05, 3.63) is 36.1 Å². The van der Waals surface area contributed by atoms with Crippen LogP contribution in [0.5, 0.6) is 0 Å². The molecule has 0 spiro atoms. The molecule has 0 heterocycles. The summed E-state index contributed by atoms with van der Waals surface area (Å²) in [5.74, 6) is 0. The van der Waals surface area contributed by atoms with Crippen LogP contribution < -0.4 is 5.19 Å². The van der Waals surface area contributed by atoms with Crippen LogP contribution in [0.4, 0.5) is 0 Å². The Balaban J connectivity index is 2.69. The smallest absolute Gasteiger partial charge is 0.228 e. The van der Waals surface area contributed by atoms with E-state index in [1.165, 1.54) is 10.8 Å². The van der Waals surface area contributed by atoms with Gasteiger partial charge < -0.3 is 4.43 Å². The summed E-state index contributed by atoms with van der Waals surface area (Å²) in [5.41, 5.74) is 1.22. The van der Waals surface area contributed by atoms with Gasteiger partial charge in [-0.1, -0.05) is 49.1 Å². The second-order valence-corrected chi connectivity index (χ2v) is 12.8. The van der Waals surface area contributed by atoms with Crippen LogP contribution in [0.1, 0.15) is 5.56 Å². The fourth-order valence-corrected chi connectivity index (χ4v) is 2.93. The topological polar surface area (TPSA) is 9.23 Å². The lowest BCUT2D eigenvalue weighted by molar-refractivity contribution is 0.505. The van der Waals surface area contributed by atoms with Crippen LogP contribution >= 0.6 is 0 Å². The lowest BCUT2D eigenvalue weighted by atomic mass is 10.2. The van der Waals surface area contributed by atoms with Gasteiger partial charge in [-0.15, -0.1) is 0 Å². The maximum atomic E-state index is 5.51. The second kappa shape index (κ2) is 5.50. The highest BCUT2D eigenvalue weighted by Crippen LogP contribution is 2.06. The first kappa shape index (κ1) is 13.3. The first-order valence-corrected chi connectivity index (χ1v) is 12.1. The van der Waals surface area contributed by atoms with Gasteiger partial charge >= 0.3 is 0 Å². The predicted molar refractivity (Wildman–Crippen MR) is 78.4 cm³/mol. The van der Waals surface area contributed by atoms with Crippen molar-refractivity contribution in [2.75, 3.05) is 0 Å². The summed E-state index contributed by atoms with van der Waals surface area (Å²) in [5, 5.41) is 1.50. The van der Waals surface area contributed by atoms with Gasteiger partial charge in [-0.05, 0) is 24.7 Å². The maximum Gasteiger partial charge on any atom is 0.228 e. The zero-order valence-corrected chi connectivity index (χ0v) is 13.1. The van der Waals surface area contributed by atoms with Gasteiger partial charge in [0, 0.05) is 0 Å². The Bertz CT molecular complexity index is 347. The summed E-state index contributed by atoms with van der Waals surface area (Å²) in [6, 6.07) is 8.85. The van der Waals surface area contributed by atoms with Crippen molar-refractivity contribution >= 4 is 28.4 Å². The van der Waals surface area contributed by atoms with Gasteiger partial charge in [0.2, 0.25) is 9.04 Å². The van der Waals surface area contributed by atoms with Crippen molar-refractivity contribution in [1.29, 1.82) is 0 Å². The summed E-state index contributed by atoms with van der Waals surface area (Å²) in [6.45, 7) is 11.4. The van der Waals surface area contributed by atoms with Gasteiger partial charge in [0.05, 0.1) is 14.3 Å². The largest absolute Gasteiger partial charge is 0.552 e. The van der Waals surface area contributed by atoms with E-state index in [4.69, 9.17) is 4.43 Å². The highest BCUT2D eigenvalue weighted by atomic mass is 28.3. The SMILES string of the molecule is C[SiH](C)OC=Cc1ccc([Si](C)(C)C)cc1. The summed E-state index contributed by atoms with van der Waals surface area (Å²) < 4.78 is 5.51. The van der Waals surface area contributed by atoms with Crippen LogP contribution in [0.2, 0.25) is 32.7 Å². The van der Waals surface area contributed by atoms with Crippen molar-refractivity contribution < 1.29 is 4.43 Å². The van der Waals surface area contributed by atoms with Crippen LogP contribution in [-0.4, -0.2) is 17.1 Å². The summed E-state index contributed by atoms with van der Waals surface area (Å²) in [6.07, 6.45) is 3.88. The minimum Gasteiger partial charge on any atom is -0.552 e. The third-order valence-corrected chi connectivity index (χ3v) is 5.15. The Morgan fingerprint density at radius 2 is 1.62 bits per heavy atom. The molecule has 0 atom stereocenters. The molecule has 0 radical (unpaired) electrons. The predicted octanol–water partition coefficient (Wildman–Crippen LogP) is 3.20. The fourth-order valence-electron chi connectivity index (χ4n) is 1.37. The van der Waals surface area contributed by atoms with E-state index < -0.39 is 17.1 Å². The van der Waals surface area contributed by atoms with Gasteiger partial charge in [0.25, 0.3) is 0 Å². The van der Waals surface area contributed by atoms with Crippen LogP contribution in [0.3, 0.4) is 0 Å². The monoisotopic (exact) mass is 250 g/mol. The van der Waals surface area contributed by atoms with E-state index >= 15 is 0 Å². The van der Waals surface area contributed by atoms with Crippen LogP contribution in [0.15, 0.2) is 30.5 Å². The first-order valence-electron chi connectivity index (χ1n) is 5.82. The molecule has 0 aromatic heterocycles. The maximum absolute atomic E-state index is 5.51. The number of hydrogen-bond donors (Lipinski definition) is 0. The van der Waals surface area contributed by atoms with E-state index in [1.807, 2.05) is 12.3 Å². The zero-order chi connectivity index (χ0) is 12.2. The average Bonchev–Trinajstić information content (AvgIpc) is 2.16. The van der Waals surface area contributed by atoms with E-state index in [2.05, 4.69) is 57.0 Å². The fraction of sp³-hybridized carbons (Fsp3) is 0.385. The molecule has 1 rings (SSSR count). The minimum atomic E-state index is -1.15. The van der Waals surface area contributed by atoms with Crippen molar-refractivity contribution in [2.24, 2.45) is 0 Å². The summed E-state index contributed by atoms with van der Waals surface area (Å²) >= 11 is 0. The molecule has 0 aliphatic heterocycles. The molecule has 88 valence electrons. The Morgan fingerprint density at radius 3 is 2.06 bits per heavy atom. The van der Waals surface area contributed by atoms with Crippen LogP contribution in [-0.2, 0) is 4.43 Å². The van der Waals surface area contributed by atoms with Crippen LogP contribution in [0, 0.1) is 0 Å². The molecule has 0 unspecified atom stereocenters. The van der Waals surface area contributed by atoms with Gasteiger partial charge in [-0.25, -0.2) is 0 Å². The summed E-state index contributed by atoms with van der Waals surface area (Å²) in [7, 11) is -2.08. The number of rotatable bonds is 4. The third kappa shape index (κ3) is 4.37. The minimum absolute atomic E-state index is 0.929. The molecule has 0 fully saturated rings. The van der Waals surface area contributed by atoms with Gasteiger partial charge in [0.1, 0.15) is 0 Å². The molecule has 0 saturated carbocycles. The molecule has 0 saturated heterocycles. The van der Waals surface area contributed by atoms with E-state index in [9.17, 15) is 0 Å². The second-order valence-electron chi connectivity index (χ2n) is 5.36. The number of benzene rings is 1. The van der Waals surface area contributed by atoms with Crippen molar-refractivity contribution in [3.8, 4) is 0 Å². The molecule has 0 aliphatic rings. The van der Waals surface area contributed by atoms with Gasteiger partial charge in [-0.2, -0.15) is 0 Å². The molecule has 1 aromatic carbocycles. The summed E-state index contributed by atoms with van der Waals surface area (Å²) in [4.78, 5) is 0. The first-order chi connectivity index (χ1) is 7.39. The van der Waals surface area contributed by atoms with Crippen molar-refractivity contribution in [1.82, 2.24) is 0 Å². The highest BCUT2D eigenvalue weighted by Gasteiger charge is 2.15. The van der Waals surface area contributed by atoms with E-state index in [0.29, 0.717) is 0 Å². The third-order valence-electron chi connectivity index (χ3n) is 2.39. The zero-order valence-electron chi connectivity index (χ0n) is 10.9. The lowest BCUT2D eigenvalue weighted by Gasteiger charge is -2.16. The van der Waals surface area contributed by atoms with Gasteiger partial charge in [-0.3, -0.25) is 0 Å². The molecule has 3 heteroatoms. The molecule has 0 aliphatic carbocycles. The molecule has 1 aromatic rings. The molecule has 16 heavy (non-hydrogen) atoms.